The van der Waals surface area contributed by atoms with E-state index in [1.54, 1.807) is 30.7 Å². The molecule has 22 heavy (non-hydrogen) atoms. The summed E-state index contributed by atoms with van der Waals surface area (Å²) < 4.78 is 5.15. The van der Waals surface area contributed by atoms with E-state index < -0.39 is 0 Å². The zero-order valence-electron chi connectivity index (χ0n) is 11.8. The molecule has 0 aliphatic rings. The van der Waals surface area contributed by atoms with Gasteiger partial charge in [-0.05, 0) is 19.1 Å². The van der Waals surface area contributed by atoms with Crippen LogP contribution in [0, 0.1) is 6.92 Å². The van der Waals surface area contributed by atoms with Crippen LogP contribution in [0.3, 0.4) is 0 Å². The Labute approximate surface area is 130 Å². The van der Waals surface area contributed by atoms with Gasteiger partial charge >= 0.3 is 0 Å². The minimum atomic E-state index is -0.127. The van der Waals surface area contributed by atoms with Gasteiger partial charge in [-0.1, -0.05) is 5.16 Å². The summed E-state index contributed by atoms with van der Waals surface area (Å²) in [6.07, 6.45) is 5.69. The molecule has 0 unspecified atom stereocenters. The van der Waals surface area contributed by atoms with E-state index >= 15 is 0 Å². The molecule has 0 spiro atoms. The second kappa shape index (κ2) is 6.44. The third-order valence-corrected chi connectivity index (χ3v) is 3.67. The van der Waals surface area contributed by atoms with Crippen LogP contribution in [0.1, 0.15) is 17.2 Å². The van der Waals surface area contributed by atoms with Crippen LogP contribution in [0.25, 0.3) is 11.4 Å². The zero-order chi connectivity index (χ0) is 15.4. The van der Waals surface area contributed by atoms with Crippen molar-refractivity contribution in [2.45, 2.75) is 19.8 Å². The van der Waals surface area contributed by atoms with Gasteiger partial charge in [0, 0.05) is 41.9 Å². The minimum Gasteiger partial charge on any atom is -0.339 e. The van der Waals surface area contributed by atoms with Crippen LogP contribution in [-0.2, 0) is 11.2 Å². The lowest BCUT2D eigenvalue weighted by Gasteiger charge is -1.98. The predicted octanol–water partition coefficient (Wildman–Crippen LogP) is 2.47. The molecule has 3 aromatic rings. The lowest BCUT2D eigenvalue weighted by molar-refractivity contribution is -0.116. The monoisotopic (exact) mass is 315 g/mol. The Bertz CT molecular complexity index is 768. The second-order valence-electron chi connectivity index (χ2n) is 4.57. The molecule has 8 heteroatoms. The fraction of sp³-hybridized carbons (Fsp3) is 0.214. The molecule has 0 saturated carbocycles. The quantitative estimate of drug-likeness (QED) is 0.777. The van der Waals surface area contributed by atoms with Crippen LogP contribution >= 0.6 is 11.3 Å². The summed E-state index contributed by atoms with van der Waals surface area (Å²) in [6.45, 7) is 1.94. The summed E-state index contributed by atoms with van der Waals surface area (Å²) in [7, 11) is 0. The average Bonchev–Trinajstić information content (AvgIpc) is 3.15. The van der Waals surface area contributed by atoms with Gasteiger partial charge in [0.25, 0.3) is 0 Å². The van der Waals surface area contributed by atoms with Crippen molar-refractivity contribution in [3.05, 3.63) is 41.5 Å². The fourth-order valence-corrected chi connectivity index (χ4v) is 2.47. The van der Waals surface area contributed by atoms with Gasteiger partial charge in [-0.25, -0.2) is 4.98 Å². The van der Waals surface area contributed by atoms with Crippen molar-refractivity contribution < 1.29 is 9.32 Å². The van der Waals surface area contributed by atoms with Gasteiger partial charge in [0.05, 0.1) is 0 Å². The van der Waals surface area contributed by atoms with Crippen molar-refractivity contribution in [3.8, 4) is 11.4 Å². The molecule has 0 atom stereocenters. The number of carbonyl (C=O) groups is 1. The summed E-state index contributed by atoms with van der Waals surface area (Å²) in [5.41, 5.74) is 0.827. The Morgan fingerprint density at radius 1 is 1.36 bits per heavy atom. The number of nitrogens with zero attached hydrogens (tertiary/aromatic N) is 4. The first-order valence-electron chi connectivity index (χ1n) is 6.66. The standard InChI is InChI=1S/C14H13N5O2S/c1-9-8-16-14(22-9)17-11(20)2-3-12-18-13(19-21-12)10-4-6-15-7-5-10/h4-8H,2-3H2,1H3,(H,16,17,20). The number of aryl methyl sites for hydroxylation is 2. The molecule has 112 valence electrons. The van der Waals surface area contributed by atoms with E-state index in [0.717, 1.165) is 10.4 Å². The molecule has 0 saturated heterocycles. The molecular weight excluding hydrogens is 302 g/mol. The van der Waals surface area contributed by atoms with Gasteiger partial charge in [-0.3, -0.25) is 9.78 Å². The van der Waals surface area contributed by atoms with Gasteiger partial charge in [0.15, 0.2) is 5.13 Å². The molecule has 1 amide bonds. The Kier molecular flexibility index (Phi) is 4.19. The predicted molar refractivity (Wildman–Crippen MR) is 81.3 cm³/mol. The maximum absolute atomic E-state index is 11.8. The maximum atomic E-state index is 11.8. The van der Waals surface area contributed by atoms with Gasteiger partial charge in [-0.15, -0.1) is 11.3 Å². The topological polar surface area (TPSA) is 93.8 Å². The normalized spacial score (nSPS) is 10.6. The van der Waals surface area contributed by atoms with Crippen LogP contribution in [-0.4, -0.2) is 26.0 Å². The lowest BCUT2D eigenvalue weighted by atomic mass is 10.2. The summed E-state index contributed by atoms with van der Waals surface area (Å²) >= 11 is 1.44. The summed E-state index contributed by atoms with van der Waals surface area (Å²) in [6, 6.07) is 3.60. The van der Waals surface area contributed by atoms with E-state index in [1.165, 1.54) is 11.3 Å². The summed E-state index contributed by atoms with van der Waals surface area (Å²) in [5, 5.41) is 7.24. The van der Waals surface area contributed by atoms with Gasteiger partial charge in [0.1, 0.15) is 0 Å². The Hall–Kier alpha value is -2.61. The molecule has 0 aliphatic heterocycles. The fourth-order valence-electron chi connectivity index (χ4n) is 1.79. The van der Waals surface area contributed by atoms with E-state index in [9.17, 15) is 4.79 Å². The number of hydrogen-bond donors (Lipinski definition) is 1. The molecule has 3 aromatic heterocycles. The lowest BCUT2D eigenvalue weighted by Crippen LogP contribution is -2.12. The van der Waals surface area contributed by atoms with Crippen molar-refractivity contribution in [1.29, 1.82) is 0 Å². The molecule has 3 rings (SSSR count). The van der Waals surface area contributed by atoms with Crippen molar-refractivity contribution in [3.63, 3.8) is 0 Å². The number of amides is 1. The van der Waals surface area contributed by atoms with Crippen LogP contribution in [0.15, 0.2) is 35.2 Å². The van der Waals surface area contributed by atoms with E-state index in [-0.39, 0.29) is 12.3 Å². The molecule has 0 aromatic carbocycles. The van der Waals surface area contributed by atoms with E-state index in [4.69, 9.17) is 4.52 Å². The van der Waals surface area contributed by atoms with Crippen molar-refractivity contribution in [1.82, 2.24) is 20.1 Å². The Balaban J connectivity index is 1.56. The molecule has 3 heterocycles. The van der Waals surface area contributed by atoms with Gasteiger partial charge in [0.2, 0.25) is 17.6 Å². The number of carbonyl (C=O) groups excluding carboxylic acids is 1. The largest absolute Gasteiger partial charge is 0.339 e. The first-order chi connectivity index (χ1) is 10.7. The first-order valence-corrected chi connectivity index (χ1v) is 7.47. The highest BCUT2D eigenvalue weighted by molar-refractivity contribution is 7.15. The number of thiazole rings is 1. The third-order valence-electron chi connectivity index (χ3n) is 2.84. The smallest absolute Gasteiger partial charge is 0.227 e. The van der Waals surface area contributed by atoms with Crippen molar-refractivity contribution >= 4 is 22.4 Å². The number of rotatable bonds is 5. The maximum Gasteiger partial charge on any atom is 0.227 e. The Morgan fingerprint density at radius 2 is 2.18 bits per heavy atom. The number of anilines is 1. The second-order valence-corrected chi connectivity index (χ2v) is 5.81. The number of hydrogen-bond acceptors (Lipinski definition) is 7. The van der Waals surface area contributed by atoms with Crippen LogP contribution in [0.4, 0.5) is 5.13 Å². The molecule has 0 radical (unpaired) electrons. The first kappa shape index (κ1) is 14.3. The summed E-state index contributed by atoms with van der Waals surface area (Å²) in [4.78, 5) is 25.2. The van der Waals surface area contributed by atoms with Crippen molar-refractivity contribution in [2.24, 2.45) is 0 Å². The highest BCUT2D eigenvalue weighted by Crippen LogP contribution is 2.17. The highest BCUT2D eigenvalue weighted by Gasteiger charge is 2.11. The Morgan fingerprint density at radius 3 is 2.91 bits per heavy atom. The van der Waals surface area contributed by atoms with Crippen molar-refractivity contribution in [2.75, 3.05) is 5.32 Å². The minimum absolute atomic E-state index is 0.127. The SMILES string of the molecule is Cc1cnc(NC(=O)CCc2nc(-c3ccncc3)no2)s1. The molecule has 1 N–H and O–H groups in total. The molecule has 0 bridgehead atoms. The number of nitrogens with one attached hydrogen (secondary N) is 1. The third kappa shape index (κ3) is 3.53. The molecule has 7 nitrogen and oxygen atoms in total. The van der Waals surface area contributed by atoms with E-state index in [2.05, 4.69) is 25.4 Å². The molecule has 0 fully saturated rings. The molecule has 0 aliphatic carbocycles. The summed E-state index contributed by atoms with van der Waals surface area (Å²) in [5.74, 6) is 0.795. The van der Waals surface area contributed by atoms with E-state index in [1.807, 2.05) is 6.92 Å². The highest BCUT2D eigenvalue weighted by atomic mass is 32.1. The van der Waals surface area contributed by atoms with Crippen LogP contribution < -0.4 is 5.32 Å². The van der Waals surface area contributed by atoms with Gasteiger partial charge < -0.3 is 9.84 Å². The zero-order valence-corrected chi connectivity index (χ0v) is 12.6. The van der Waals surface area contributed by atoms with Gasteiger partial charge in [-0.2, -0.15) is 4.98 Å². The molecular formula is C14H13N5O2S. The number of pyridine rings is 1. The van der Waals surface area contributed by atoms with Crippen LogP contribution in [0.2, 0.25) is 0 Å². The number of aromatic nitrogens is 4. The average molecular weight is 315 g/mol. The van der Waals surface area contributed by atoms with Crippen LogP contribution in [0.5, 0.6) is 0 Å². The van der Waals surface area contributed by atoms with E-state index in [0.29, 0.717) is 23.3 Å².